The van der Waals surface area contributed by atoms with Crippen molar-refractivity contribution in [2.45, 2.75) is 30.1 Å². The van der Waals surface area contributed by atoms with Crippen molar-refractivity contribution in [3.63, 3.8) is 0 Å². The van der Waals surface area contributed by atoms with Gasteiger partial charge in [0, 0.05) is 18.2 Å². The lowest BCUT2D eigenvalue weighted by Crippen LogP contribution is -2.40. The summed E-state index contributed by atoms with van der Waals surface area (Å²) in [5.41, 5.74) is 0.538. The first-order chi connectivity index (χ1) is 14.3. The van der Waals surface area contributed by atoms with Crippen molar-refractivity contribution in [3.8, 4) is 5.75 Å². The van der Waals surface area contributed by atoms with Crippen LogP contribution in [-0.4, -0.2) is 46.9 Å². The third-order valence-electron chi connectivity index (χ3n) is 5.10. The molecule has 0 heterocycles. The van der Waals surface area contributed by atoms with Crippen LogP contribution in [0.1, 0.15) is 25.3 Å². The molecule has 0 aromatic heterocycles. The van der Waals surface area contributed by atoms with E-state index in [9.17, 15) is 12.8 Å². The van der Waals surface area contributed by atoms with E-state index < -0.39 is 9.84 Å². The van der Waals surface area contributed by atoms with Crippen molar-refractivity contribution in [2.24, 2.45) is 4.99 Å². The first kappa shape index (κ1) is 22.1. The van der Waals surface area contributed by atoms with Crippen molar-refractivity contribution >= 4 is 15.8 Å². The summed E-state index contributed by atoms with van der Waals surface area (Å²) in [5.74, 6) is 1.09. The lowest BCUT2D eigenvalue weighted by atomic mass is 9.95. The molecule has 6 nitrogen and oxygen atoms in total. The Morgan fingerprint density at radius 2 is 1.83 bits per heavy atom. The van der Waals surface area contributed by atoms with Crippen LogP contribution < -0.4 is 15.4 Å². The van der Waals surface area contributed by atoms with Gasteiger partial charge in [0.1, 0.15) is 18.2 Å². The quantitative estimate of drug-likeness (QED) is 0.361. The van der Waals surface area contributed by atoms with Gasteiger partial charge in [0.2, 0.25) is 0 Å². The molecule has 1 fully saturated rings. The Morgan fingerprint density at radius 1 is 1.13 bits per heavy atom. The van der Waals surface area contributed by atoms with E-state index in [0.29, 0.717) is 38.0 Å². The fourth-order valence-corrected chi connectivity index (χ4v) is 3.88. The molecule has 2 aromatic carbocycles. The van der Waals surface area contributed by atoms with Crippen LogP contribution in [-0.2, 0) is 15.3 Å². The maximum atomic E-state index is 14.2. The zero-order chi connectivity index (χ0) is 21.6. The Morgan fingerprint density at radius 3 is 2.43 bits per heavy atom. The number of sulfone groups is 1. The standard InChI is InChI=1S/C22H28FN3O3S/c1-3-24-21(26-16-22(12-13-22)19-6-4-5-7-20(19)23)25-14-15-29-17-8-10-18(11-9-17)30(2,27)28/h4-11H,3,12-16H2,1-2H3,(H2,24,25,26). The number of hydrogen-bond acceptors (Lipinski definition) is 4. The molecule has 2 aromatic rings. The first-order valence-electron chi connectivity index (χ1n) is 10.0. The summed E-state index contributed by atoms with van der Waals surface area (Å²) >= 11 is 0. The molecule has 1 aliphatic carbocycles. The highest BCUT2D eigenvalue weighted by Crippen LogP contribution is 2.49. The van der Waals surface area contributed by atoms with Crippen LogP contribution in [0.5, 0.6) is 5.75 Å². The van der Waals surface area contributed by atoms with Crippen LogP contribution >= 0.6 is 0 Å². The summed E-state index contributed by atoms with van der Waals surface area (Å²) in [7, 11) is -3.21. The number of hydrogen-bond donors (Lipinski definition) is 2. The fraction of sp³-hybridized carbons (Fsp3) is 0.409. The van der Waals surface area contributed by atoms with Crippen LogP contribution in [0.3, 0.4) is 0 Å². The van der Waals surface area contributed by atoms with Gasteiger partial charge in [-0.3, -0.25) is 4.99 Å². The minimum Gasteiger partial charge on any atom is -0.492 e. The van der Waals surface area contributed by atoms with Gasteiger partial charge in [0.25, 0.3) is 0 Å². The van der Waals surface area contributed by atoms with Gasteiger partial charge in [-0.2, -0.15) is 0 Å². The molecule has 0 bridgehead atoms. The third-order valence-corrected chi connectivity index (χ3v) is 6.23. The van der Waals surface area contributed by atoms with Crippen molar-refractivity contribution < 1.29 is 17.5 Å². The summed E-state index contributed by atoms with van der Waals surface area (Å²) in [5, 5.41) is 6.41. The van der Waals surface area contributed by atoms with E-state index in [1.807, 2.05) is 19.1 Å². The molecule has 0 radical (unpaired) electrons. The van der Waals surface area contributed by atoms with Gasteiger partial charge < -0.3 is 15.4 Å². The zero-order valence-electron chi connectivity index (χ0n) is 17.3. The highest BCUT2D eigenvalue weighted by Gasteiger charge is 2.45. The SMILES string of the molecule is CCNC(=NCC1(c2ccccc2F)CC1)NCCOc1ccc(S(C)(=O)=O)cc1. The second-order valence-corrected chi connectivity index (χ2v) is 9.49. The highest BCUT2D eigenvalue weighted by molar-refractivity contribution is 7.90. The Bertz CT molecular complexity index is 987. The van der Waals surface area contributed by atoms with Gasteiger partial charge in [-0.15, -0.1) is 0 Å². The van der Waals surface area contributed by atoms with Crippen LogP contribution in [0.2, 0.25) is 0 Å². The number of nitrogens with zero attached hydrogens (tertiary/aromatic N) is 1. The van der Waals surface area contributed by atoms with Crippen LogP contribution in [0.15, 0.2) is 58.4 Å². The van der Waals surface area contributed by atoms with Crippen LogP contribution in [0, 0.1) is 5.82 Å². The van der Waals surface area contributed by atoms with Crippen molar-refractivity contribution in [3.05, 3.63) is 59.9 Å². The van der Waals surface area contributed by atoms with Crippen molar-refractivity contribution in [1.29, 1.82) is 0 Å². The van der Waals surface area contributed by atoms with E-state index in [4.69, 9.17) is 4.74 Å². The minimum atomic E-state index is -3.21. The summed E-state index contributed by atoms with van der Waals surface area (Å²) in [6, 6.07) is 13.3. The maximum Gasteiger partial charge on any atom is 0.191 e. The van der Waals surface area contributed by atoms with E-state index in [0.717, 1.165) is 18.4 Å². The molecule has 30 heavy (non-hydrogen) atoms. The lowest BCUT2D eigenvalue weighted by Gasteiger charge is -2.16. The second kappa shape index (κ2) is 9.47. The molecule has 0 atom stereocenters. The molecule has 0 saturated heterocycles. The van der Waals surface area contributed by atoms with E-state index in [1.54, 1.807) is 18.2 Å². The number of ether oxygens (including phenoxy) is 1. The summed E-state index contributed by atoms with van der Waals surface area (Å²) in [6.07, 6.45) is 3.04. The largest absolute Gasteiger partial charge is 0.492 e. The van der Waals surface area contributed by atoms with E-state index >= 15 is 0 Å². The molecular formula is C22H28FN3O3S. The average Bonchev–Trinajstić information content (AvgIpc) is 3.50. The predicted octanol–water partition coefficient (Wildman–Crippen LogP) is 2.89. The van der Waals surface area contributed by atoms with Crippen LogP contribution in [0.25, 0.3) is 0 Å². The van der Waals surface area contributed by atoms with Crippen molar-refractivity contribution in [2.75, 3.05) is 32.5 Å². The fourth-order valence-electron chi connectivity index (χ4n) is 3.25. The number of benzene rings is 2. The number of nitrogens with one attached hydrogen (secondary N) is 2. The Hall–Kier alpha value is -2.61. The molecular weight excluding hydrogens is 405 g/mol. The normalized spacial score (nSPS) is 15.5. The third kappa shape index (κ3) is 5.72. The van der Waals surface area contributed by atoms with Gasteiger partial charge in [-0.1, -0.05) is 18.2 Å². The summed E-state index contributed by atoms with van der Waals surface area (Å²) < 4.78 is 42.8. The van der Waals surface area contributed by atoms with Gasteiger partial charge >= 0.3 is 0 Å². The summed E-state index contributed by atoms with van der Waals surface area (Å²) in [6.45, 7) is 4.14. The molecule has 0 aliphatic heterocycles. The Balaban J connectivity index is 1.52. The first-order valence-corrected chi connectivity index (χ1v) is 11.9. The highest BCUT2D eigenvalue weighted by atomic mass is 32.2. The molecule has 8 heteroatoms. The van der Waals surface area contributed by atoms with Gasteiger partial charge in [-0.05, 0) is 55.7 Å². The topological polar surface area (TPSA) is 79.8 Å². The number of halogens is 1. The summed E-state index contributed by atoms with van der Waals surface area (Å²) in [4.78, 5) is 4.92. The number of guanidine groups is 1. The average molecular weight is 434 g/mol. The minimum absolute atomic E-state index is 0.168. The van der Waals surface area contributed by atoms with E-state index in [1.165, 1.54) is 24.5 Å². The van der Waals surface area contributed by atoms with Gasteiger partial charge in [0.15, 0.2) is 15.8 Å². The predicted molar refractivity (Wildman–Crippen MR) is 116 cm³/mol. The lowest BCUT2D eigenvalue weighted by molar-refractivity contribution is 0.321. The monoisotopic (exact) mass is 433 g/mol. The molecule has 1 saturated carbocycles. The smallest absolute Gasteiger partial charge is 0.191 e. The van der Waals surface area contributed by atoms with Gasteiger partial charge in [-0.25, -0.2) is 12.8 Å². The molecule has 3 rings (SSSR count). The Labute approximate surface area is 177 Å². The molecule has 0 amide bonds. The Kier molecular flexibility index (Phi) is 6.97. The molecule has 2 N–H and O–H groups in total. The van der Waals surface area contributed by atoms with Gasteiger partial charge in [0.05, 0.1) is 18.0 Å². The number of aliphatic imine (C=N–C) groups is 1. The number of rotatable bonds is 9. The molecule has 0 spiro atoms. The molecule has 0 unspecified atom stereocenters. The van der Waals surface area contributed by atoms with Crippen molar-refractivity contribution in [1.82, 2.24) is 10.6 Å². The zero-order valence-corrected chi connectivity index (χ0v) is 18.1. The molecule has 162 valence electrons. The maximum absolute atomic E-state index is 14.2. The van der Waals surface area contributed by atoms with Crippen LogP contribution in [0.4, 0.5) is 4.39 Å². The second-order valence-electron chi connectivity index (χ2n) is 7.47. The van der Waals surface area contributed by atoms with E-state index in [2.05, 4.69) is 15.6 Å². The van der Waals surface area contributed by atoms with E-state index in [-0.39, 0.29) is 16.1 Å². The molecule has 1 aliphatic rings.